The van der Waals surface area contributed by atoms with Crippen molar-refractivity contribution in [2.24, 2.45) is 0 Å². The summed E-state index contributed by atoms with van der Waals surface area (Å²) < 4.78 is 0. The molecule has 0 aromatic carbocycles. The van der Waals surface area contributed by atoms with E-state index in [1.165, 1.54) is 12.1 Å². The highest BCUT2D eigenvalue weighted by Crippen LogP contribution is 2.11. The molecule has 2 aliphatic heterocycles. The van der Waals surface area contributed by atoms with Crippen LogP contribution in [0, 0.1) is 0 Å². The number of carbonyl (C=O) groups is 1. The third-order valence-electron chi connectivity index (χ3n) is 3.78. The fraction of sp³-hybridized carbons (Fsp3) is 0.583. The summed E-state index contributed by atoms with van der Waals surface area (Å²) in [6.07, 6.45) is 0. The van der Waals surface area contributed by atoms with E-state index in [0.29, 0.717) is 11.7 Å². The van der Waals surface area contributed by atoms with Crippen LogP contribution in [0.4, 0.5) is 0 Å². The number of nitrogens with zero attached hydrogens (tertiary/aromatic N) is 3. The van der Waals surface area contributed by atoms with E-state index < -0.39 is 0 Å². The molecular formula is C12H17N5O2. The first-order valence-corrected chi connectivity index (χ1v) is 6.54. The summed E-state index contributed by atoms with van der Waals surface area (Å²) >= 11 is 0. The number of carbonyl (C=O) groups excluding carboxylic acids is 1. The number of hydrogen-bond donors (Lipinski definition) is 2. The summed E-state index contributed by atoms with van der Waals surface area (Å²) in [7, 11) is 0. The molecular weight excluding hydrogens is 246 g/mol. The van der Waals surface area contributed by atoms with Crippen LogP contribution < -0.4 is 10.9 Å². The van der Waals surface area contributed by atoms with E-state index in [1.807, 2.05) is 0 Å². The summed E-state index contributed by atoms with van der Waals surface area (Å²) in [4.78, 5) is 27.3. The number of aromatic nitrogens is 2. The number of hydrogen-bond acceptors (Lipinski definition) is 5. The maximum Gasteiger partial charge on any atom is 0.274 e. The minimum Gasteiger partial charge on any atom is -0.335 e. The van der Waals surface area contributed by atoms with Crippen molar-refractivity contribution in [3.63, 3.8) is 0 Å². The lowest BCUT2D eigenvalue weighted by Gasteiger charge is -2.43. The molecule has 0 aliphatic carbocycles. The largest absolute Gasteiger partial charge is 0.335 e. The zero-order valence-electron chi connectivity index (χ0n) is 10.6. The van der Waals surface area contributed by atoms with Gasteiger partial charge in [0.25, 0.3) is 11.5 Å². The monoisotopic (exact) mass is 263 g/mol. The van der Waals surface area contributed by atoms with Crippen LogP contribution >= 0.6 is 0 Å². The fourth-order valence-corrected chi connectivity index (χ4v) is 2.45. The molecule has 19 heavy (non-hydrogen) atoms. The van der Waals surface area contributed by atoms with E-state index in [-0.39, 0.29) is 11.5 Å². The van der Waals surface area contributed by atoms with Crippen molar-refractivity contribution in [2.45, 2.75) is 6.04 Å². The van der Waals surface area contributed by atoms with E-state index in [0.717, 1.165) is 39.3 Å². The summed E-state index contributed by atoms with van der Waals surface area (Å²) in [5, 5.41) is 9.33. The van der Waals surface area contributed by atoms with Gasteiger partial charge in [-0.25, -0.2) is 5.10 Å². The van der Waals surface area contributed by atoms with Crippen molar-refractivity contribution in [1.29, 1.82) is 0 Å². The molecule has 3 heterocycles. The molecule has 2 aliphatic rings. The minimum absolute atomic E-state index is 0.109. The van der Waals surface area contributed by atoms with Crippen LogP contribution in [0.3, 0.4) is 0 Å². The van der Waals surface area contributed by atoms with Crippen LogP contribution in [0.1, 0.15) is 10.5 Å². The van der Waals surface area contributed by atoms with Crippen LogP contribution in [-0.2, 0) is 0 Å². The summed E-state index contributed by atoms with van der Waals surface area (Å²) in [5.74, 6) is -0.109. The highest BCUT2D eigenvalue weighted by Gasteiger charge is 2.29. The quantitative estimate of drug-likeness (QED) is 0.678. The Morgan fingerprint density at radius 2 is 1.95 bits per heavy atom. The van der Waals surface area contributed by atoms with E-state index >= 15 is 0 Å². The van der Waals surface area contributed by atoms with Crippen molar-refractivity contribution in [3.8, 4) is 0 Å². The van der Waals surface area contributed by atoms with Crippen molar-refractivity contribution in [1.82, 2.24) is 25.3 Å². The number of nitrogens with one attached hydrogen (secondary N) is 2. The lowest BCUT2D eigenvalue weighted by Crippen LogP contribution is -2.62. The molecule has 7 heteroatoms. The van der Waals surface area contributed by atoms with Crippen molar-refractivity contribution in [3.05, 3.63) is 28.2 Å². The molecule has 2 saturated heterocycles. The topological polar surface area (TPSA) is 81.3 Å². The van der Waals surface area contributed by atoms with Gasteiger partial charge in [0, 0.05) is 51.4 Å². The number of aromatic amines is 1. The molecule has 0 radical (unpaired) electrons. The maximum atomic E-state index is 12.2. The molecule has 3 rings (SSSR count). The molecule has 1 aromatic rings. The smallest absolute Gasteiger partial charge is 0.274 e. The molecule has 1 aromatic heterocycles. The standard InChI is InChI=1S/C12H17N5O2/c18-11-2-1-10(14-15-11)12(19)17-5-3-16(4-6-17)9-7-13-8-9/h1-2,9,13H,3-8H2,(H,15,18). The van der Waals surface area contributed by atoms with Crippen molar-refractivity contribution in [2.75, 3.05) is 39.3 Å². The predicted molar refractivity (Wildman–Crippen MR) is 69.0 cm³/mol. The molecule has 102 valence electrons. The number of rotatable bonds is 2. The summed E-state index contributed by atoms with van der Waals surface area (Å²) in [5.41, 5.74) is 0.0113. The summed E-state index contributed by atoms with van der Waals surface area (Å²) in [6, 6.07) is 3.43. The Balaban J connectivity index is 1.59. The molecule has 2 fully saturated rings. The second kappa shape index (κ2) is 5.10. The van der Waals surface area contributed by atoms with Crippen LogP contribution in [0.2, 0.25) is 0 Å². The lowest BCUT2D eigenvalue weighted by molar-refractivity contribution is 0.0496. The first-order chi connectivity index (χ1) is 9.24. The number of piperazine rings is 1. The molecule has 7 nitrogen and oxygen atoms in total. The number of amides is 1. The average molecular weight is 263 g/mol. The van der Waals surface area contributed by atoms with E-state index in [4.69, 9.17) is 0 Å². The molecule has 2 N–H and O–H groups in total. The Bertz CT molecular complexity index is 497. The molecule has 0 unspecified atom stereocenters. The SMILES string of the molecule is O=C(c1ccc(=O)[nH]n1)N1CCN(C2CNC2)CC1. The summed E-state index contributed by atoms with van der Waals surface area (Å²) in [6.45, 7) is 5.35. The minimum atomic E-state index is -0.293. The van der Waals surface area contributed by atoms with Gasteiger partial charge in [0.05, 0.1) is 0 Å². The van der Waals surface area contributed by atoms with E-state index in [2.05, 4.69) is 20.4 Å². The first kappa shape index (κ1) is 12.3. The highest BCUT2D eigenvalue weighted by atomic mass is 16.2. The maximum absolute atomic E-state index is 12.2. The zero-order chi connectivity index (χ0) is 13.2. The predicted octanol–water partition coefficient (Wildman–Crippen LogP) is -1.50. The molecule has 0 bridgehead atoms. The van der Waals surface area contributed by atoms with Gasteiger partial charge >= 0.3 is 0 Å². The first-order valence-electron chi connectivity index (χ1n) is 6.54. The van der Waals surface area contributed by atoms with E-state index in [9.17, 15) is 9.59 Å². The van der Waals surface area contributed by atoms with Gasteiger partial charge in [0.15, 0.2) is 0 Å². The van der Waals surface area contributed by atoms with Gasteiger partial charge in [-0.15, -0.1) is 0 Å². The van der Waals surface area contributed by atoms with Gasteiger partial charge < -0.3 is 10.2 Å². The van der Waals surface area contributed by atoms with Gasteiger partial charge in [-0.1, -0.05) is 0 Å². The number of H-pyrrole nitrogens is 1. The fourth-order valence-electron chi connectivity index (χ4n) is 2.45. The zero-order valence-corrected chi connectivity index (χ0v) is 10.6. The Labute approximate surface area is 110 Å². The Morgan fingerprint density at radius 3 is 2.47 bits per heavy atom. The Hall–Kier alpha value is -1.73. The van der Waals surface area contributed by atoms with Crippen LogP contribution in [0.15, 0.2) is 16.9 Å². The molecule has 1 amide bonds. The van der Waals surface area contributed by atoms with Crippen LogP contribution in [-0.4, -0.2) is 71.2 Å². The second-order valence-electron chi connectivity index (χ2n) is 4.95. The lowest BCUT2D eigenvalue weighted by atomic mass is 10.1. The van der Waals surface area contributed by atoms with Gasteiger partial charge in [-0.3, -0.25) is 14.5 Å². The van der Waals surface area contributed by atoms with Crippen LogP contribution in [0.5, 0.6) is 0 Å². The normalized spacial score (nSPS) is 21.2. The van der Waals surface area contributed by atoms with Crippen molar-refractivity contribution >= 4 is 5.91 Å². The van der Waals surface area contributed by atoms with Gasteiger partial charge in [-0.2, -0.15) is 5.10 Å². The van der Waals surface area contributed by atoms with Gasteiger partial charge in [-0.05, 0) is 6.07 Å². The third kappa shape index (κ3) is 2.52. The van der Waals surface area contributed by atoms with Crippen molar-refractivity contribution < 1.29 is 4.79 Å². The molecule has 0 saturated carbocycles. The van der Waals surface area contributed by atoms with E-state index in [1.54, 1.807) is 4.90 Å². The average Bonchev–Trinajstić information content (AvgIpc) is 2.38. The third-order valence-corrected chi connectivity index (χ3v) is 3.78. The Kier molecular flexibility index (Phi) is 3.31. The van der Waals surface area contributed by atoms with Crippen LogP contribution in [0.25, 0.3) is 0 Å². The highest BCUT2D eigenvalue weighted by molar-refractivity contribution is 5.92. The second-order valence-corrected chi connectivity index (χ2v) is 4.95. The molecule has 0 atom stereocenters. The Morgan fingerprint density at radius 1 is 1.21 bits per heavy atom. The van der Waals surface area contributed by atoms with Gasteiger partial charge in [0.1, 0.15) is 5.69 Å². The van der Waals surface area contributed by atoms with Gasteiger partial charge in [0.2, 0.25) is 0 Å². The molecule has 0 spiro atoms.